The minimum Gasteiger partial charge on any atom is -0.505 e. The summed E-state index contributed by atoms with van der Waals surface area (Å²) in [5, 5.41) is 31.4. The molecule has 0 spiro atoms. The predicted molar refractivity (Wildman–Crippen MR) is 197 cm³/mol. The molecule has 2 aliphatic carbocycles. The summed E-state index contributed by atoms with van der Waals surface area (Å²) in [6.07, 6.45) is 18.2. The monoisotopic (exact) mass is 719 g/mol. The molecule has 2 heterocycles. The summed E-state index contributed by atoms with van der Waals surface area (Å²) < 4.78 is 11.6. The van der Waals surface area contributed by atoms with Gasteiger partial charge in [-0.05, 0) is 69.9 Å². The quantitative estimate of drug-likeness (QED) is 0.110. The minimum absolute atomic E-state index is 0.00600. The van der Waals surface area contributed by atoms with Crippen LogP contribution in [-0.4, -0.2) is 70.6 Å². The van der Waals surface area contributed by atoms with Crippen molar-refractivity contribution in [2.24, 2.45) is 5.92 Å². The van der Waals surface area contributed by atoms with E-state index in [1.54, 1.807) is 30.4 Å². The Morgan fingerprint density at radius 1 is 1.00 bits per heavy atom. The molecular weight excluding hydrogens is 671 g/mol. The number of phenolic OH excluding ortho intramolecular Hbond substituents is 1. The molecule has 5 N–H and O–H groups in total. The normalized spacial score (nSPS) is 25.6. The third kappa shape index (κ3) is 9.81. The minimum atomic E-state index is -1.05. The number of phenols is 1. The van der Waals surface area contributed by atoms with Crippen molar-refractivity contribution < 1.29 is 38.9 Å². The molecule has 4 aliphatic rings. The number of fused-ring (bicyclic) bond motifs is 4. The summed E-state index contributed by atoms with van der Waals surface area (Å²) in [4.78, 5) is 52.6. The van der Waals surface area contributed by atoms with Crippen molar-refractivity contribution in [3.63, 3.8) is 0 Å². The van der Waals surface area contributed by atoms with E-state index in [4.69, 9.17) is 9.47 Å². The van der Waals surface area contributed by atoms with Gasteiger partial charge in [0.25, 0.3) is 0 Å². The topological polar surface area (TPSA) is 163 Å². The van der Waals surface area contributed by atoms with Crippen LogP contribution in [0.1, 0.15) is 77.2 Å². The summed E-state index contributed by atoms with van der Waals surface area (Å²) >= 11 is 1.32. The lowest BCUT2D eigenvalue weighted by atomic mass is 9.90. The fraction of sp³-hybridized carbons (Fsp3) is 0.487. The Morgan fingerprint density at radius 3 is 2.49 bits per heavy atom. The second kappa shape index (κ2) is 17.4. The van der Waals surface area contributed by atoms with Crippen LogP contribution in [0.15, 0.2) is 70.7 Å². The molecule has 2 aliphatic heterocycles. The van der Waals surface area contributed by atoms with E-state index in [-0.39, 0.29) is 41.3 Å². The standard InChI is InChI=1S/C39H49N3O8S/c1-24-13-12-17-28-35(46)29(22-30-36(28)51-23-33(44)41-30)40-32(43)21-27(49-3)16-10-5-4-6-11-18-31(25(2)34(24)45)50-38(48)39(19-20-39)42-37(47)26-14-8-7-9-15-26/h4-6,10-11,13-14,16,22,25,27,31,34,45-46H,7-9,12,15,17-21,23H2,1-3H3,(H,40,43)(H,41,44)(H,42,47)/t25-,27-,31-,34-/m0/s1. The first kappa shape index (κ1) is 38.1. The summed E-state index contributed by atoms with van der Waals surface area (Å²) in [6, 6.07) is 1.57. The number of carbonyl (C=O) groups is 4. The number of rotatable bonds is 5. The second-order valence-corrected chi connectivity index (χ2v) is 14.7. The lowest BCUT2D eigenvalue weighted by molar-refractivity contribution is -0.158. The average Bonchev–Trinajstić information content (AvgIpc) is 3.91. The van der Waals surface area contributed by atoms with Gasteiger partial charge in [0.2, 0.25) is 17.7 Å². The zero-order chi connectivity index (χ0) is 36.5. The Hall–Kier alpha value is -4.13. The number of ether oxygens (including phenoxy) is 2. The zero-order valence-corrected chi connectivity index (χ0v) is 30.4. The number of aromatic hydroxyl groups is 1. The summed E-state index contributed by atoms with van der Waals surface area (Å²) in [5.74, 6) is -1.63. The van der Waals surface area contributed by atoms with Crippen LogP contribution in [0.3, 0.4) is 0 Å². The van der Waals surface area contributed by atoms with Gasteiger partial charge in [-0.2, -0.15) is 0 Å². The molecule has 0 unspecified atom stereocenters. The van der Waals surface area contributed by atoms with E-state index in [1.165, 1.54) is 18.9 Å². The number of hydrogen-bond donors (Lipinski definition) is 5. The van der Waals surface area contributed by atoms with Gasteiger partial charge >= 0.3 is 5.97 Å². The molecule has 0 radical (unpaired) electrons. The number of nitrogens with one attached hydrogen (secondary N) is 3. The molecule has 3 amide bonds. The van der Waals surface area contributed by atoms with Gasteiger partial charge in [-0.25, -0.2) is 4.79 Å². The molecule has 0 saturated heterocycles. The number of methoxy groups -OCH3 is 1. The highest BCUT2D eigenvalue weighted by Crippen LogP contribution is 2.44. The predicted octanol–water partition coefficient (Wildman–Crippen LogP) is 5.79. The third-order valence-electron chi connectivity index (χ3n) is 9.84. The van der Waals surface area contributed by atoms with E-state index in [9.17, 15) is 29.4 Å². The largest absolute Gasteiger partial charge is 0.505 e. The third-order valence-corrected chi connectivity index (χ3v) is 11.0. The molecule has 4 atom stereocenters. The number of aliphatic hydroxyl groups is 1. The van der Waals surface area contributed by atoms with Crippen molar-refractivity contribution in [2.45, 2.75) is 107 Å². The number of benzene rings is 1. The first-order valence-corrected chi connectivity index (χ1v) is 18.7. The summed E-state index contributed by atoms with van der Waals surface area (Å²) in [6.45, 7) is 3.65. The number of thioether (sulfide) groups is 1. The molecule has 1 fully saturated rings. The van der Waals surface area contributed by atoms with Gasteiger partial charge in [0.05, 0.1) is 35.8 Å². The molecule has 11 nitrogen and oxygen atoms in total. The smallest absolute Gasteiger partial charge is 0.332 e. The van der Waals surface area contributed by atoms with E-state index < -0.39 is 35.7 Å². The van der Waals surface area contributed by atoms with E-state index in [1.807, 2.05) is 38.2 Å². The van der Waals surface area contributed by atoms with Crippen molar-refractivity contribution in [1.82, 2.24) is 5.32 Å². The van der Waals surface area contributed by atoms with Gasteiger partial charge in [-0.3, -0.25) is 14.4 Å². The van der Waals surface area contributed by atoms with Crippen molar-refractivity contribution in [2.75, 3.05) is 23.5 Å². The van der Waals surface area contributed by atoms with Gasteiger partial charge in [-0.15, -0.1) is 11.8 Å². The summed E-state index contributed by atoms with van der Waals surface area (Å²) in [5.41, 5.74) is 1.61. The van der Waals surface area contributed by atoms with E-state index >= 15 is 0 Å². The van der Waals surface area contributed by atoms with Crippen LogP contribution < -0.4 is 16.0 Å². The molecule has 274 valence electrons. The Bertz CT molecular complexity index is 1660. The number of esters is 1. The zero-order valence-electron chi connectivity index (χ0n) is 29.5. The molecule has 5 rings (SSSR count). The maximum Gasteiger partial charge on any atom is 0.332 e. The van der Waals surface area contributed by atoms with E-state index in [2.05, 4.69) is 16.0 Å². The summed E-state index contributed by atoms with van der Waals surface area (Å²) in [7, 11) is 1.51. The number of carbonyl (C=O) groups excluding carboxylic acids is 4. The van der Waals surface area contributed by atoms with Crippen molar-refractivity contribution in [1.29, 1.82) is 0 Å². The van der Waals surface area contributed by atoms with Crippen LogP contribution in [-0.2, 0) is 35.1 Å². The SMILES string of the molecule is CO[C@H]1C=CC=CC=CC[C@H](OC(=O)C2(NC(=O)C3=CCCCC3)CC2)[C@H](C)[C@@H](O)C(C)=CCCc2c(O)c(cc3c2SCC(=O)N3)NC(=O)C1. The first-order valence-electron chi connectivity index (χ1n) is 17.7. The maximum absolute atomic E-state index is 13.6. The van der Waals surface area contributed by atoms with E-state index in [0.717, 1.165) is 29.7 Å². The van der Waals surface area contributed by atoms with Crippen LogP contribution in [0.4, 0.5) is 11.4 Å². The fourth-order valence-corrected chi connectivity index (χ4v) is 7.48. The highest BCUT2D eigenvalue weighted by Gasteiger charge is 2.54. The van der Waals surface area contributed by atoms with Crippen LogP contribution >= 0.6 is 11.8 Å². The number of anilines is 2. The lowest BCUT2D eigenvalue weighted by Gasteiger charge is -2.30. The fourth-order valence-electron chi connectivity index (χ4n) is 6.49. The van der Waals surface area contributed by atoms with Crippen LogP contribution in [0.2, 0.25) is 0 Å². The molecule has 12 heteroatoms. The number of amides is 3. The Kier molecular flexibility index (Phi) is 13.0. The van der Waals surface area contributed by atoms with E-state index in [0.29, 0.717) is 55.3 Å². The molecule has 0 aromatic heterocycles. The molecule has 1 aromatic rings. The van der Waals surface area contributed by atoms with Gasteiger partial charge in [0.1, 0.15) is 17.4 Å². The number of hydrogen-bond acceptors (Lipinski definition) is 9. The average molecular weight is 720 g/mol. The Morgan fingerprint density at radius 2 is 1.76 bits per heavy atom. The van der Waals surface area contributed by atoms with Gasteiger partial charge in [0.15, 0.2) is 0 Å². The highest BCUT2D eigenvalue weighted by atomic mass is 32.2. The van der Waals surface area contributed by atoms with Crippen molar-refractivity contribution in [3.05, 3.63) is 71.4 Å². The van der Waals surface area contributed by atoms with Crippen molar-refractivity contribution >= 4 is 46.8 Å². The molecule has 1 saturated carbocycles. The Balaban J connectivity index is 1.39. The van der Waals surface area contributed by atoms with Crippen LogP contribution in [0, 0.1) is 5.92 Å². The Labute approximate surface area is 303 Å². The molecular formula is C39H49N3O8S. The van der Waals surface area contributed by atoms with Crippen LogP contribution in [0.25, 0.3) is 0 Å². The molecule has 51 heavy (non-hydrogen) atoms. The first-order chi connectivity index (χ1) is 24.5. The highest BCUT2D eigenvalue weighted by molar-refractivity contribution is 8.00. The van der Waals surface area contributed by atoms with Gasteiger partial charge in [0, 0.05) is 35.5 Å². The van der Waals surface area contributed by atoms with Gasteiger partial charge < -0.3 is 35.6 Å². The number of aliphatic hydroxyl groups excluding tert-OH is 1. The van der Waals surface area contributed by atoms with Crippen LogP contribution in [0.5, 0.6) is 5.75 Å². The molecule has 2 bridgehead atoms. The maximum atomic E-state index is 13.6. The second-order valence-electron chi connectivity index (χ2n) is 13.7. The lowest BCUT2D eigenvalue weighted by Crippen LogP contribution is -2.47. The molecule has 1 aromatic carbocycles. The van der Waals surface area contributed by atoms with Crippen molar-refractivity contribution in [3.8, 4) is 5.75 Å². The number of allylic oxidation sites excluding steroid dienone is 6. The van der Waals surface area contributed by atoms with Gasteiger partial charge in [-0.1, -0.05) is 55.5 Å².